The smallest absolute Gasteiger partial charge is 0.227 e. The Morgan fingerprint density at radius 3 is 2.71 bits per heavy atom. The summed E-state index contributed by atoms with van der Waals surface area (Å²) in [5, 5.41) is 0. The lowest BCUT2D eigenvalue weighted by atomic mass is 10.1. The fraction of sp³-hybridized carbons (Fsp3) is 0.500. The first-order valence-corrected chi connectivity index (χ1v) is 6.24. The lowest BCUT2D eigenvalue weighted by molar-refractivity contribution is -0.131. The summed E-state index contributed by atoms with van der Waals surface area (Å²) >= 11 is 0. The van der Waals surface area contributed by atoms with Crippen LogP contribution in [-0.2, 0) is 11.2 Å². The summed E-state index contributed by atoms with van der Waals surface area (Å²) in [6, 6.07) is 10.2. The molecule has 0 saturated carbocycles. The van der Waals surface area contributed by atoms with Crippen molar-refractivity contribution in [3.63, 3.8) is 0 Å². The van der Waals surface area contributed by atoms with Crippen molar-refractivity contribution in [3.8, 4) is 0 Å². The number of rotatable bonds is 3. The maximum Gasteiger partial charge on any atom is 0.227 e. The zero-order valence-corrected chi connectivity index (χ0v) is 10.3. The van der Waals surface area contributed by atoms with Gasteiger partial charge in [0.05, 0.1) is 6.42 Å². The highest BCUT2D eigenvalue weighted by Crippen LogP contribution is 2.22. The van der Waals surface area contributed by atoms with Gasteiger partial charge in [0.2, 0.25) is 5.91 Å². The highest BCUT2D eigenvalue weighted by atomic mass is 16.2. The number of carbonyl (C=O) groups is 1. The third-order valence-electron chi connectivity index (χ3n) is 3.51. The highest BCUT2D eigenvalue weighted by Gasteiger charge is 2.31. The normalized spacial score (nSPS) is 24.0. The zero-order chi connectivity index (χ0) is 12.3. The van der Waals surface area contributed by atoms with Gasteiger partial charge >= 0.3 is 0 Å². The van der Waals surface area contributed by atoms with Crippen LogP contribution in [0.4, 0.5) is 0 Å². The molecule has 1 heterocycles. The van der Waals surface area contributed by atoms with Gasteiger partial charge in [-0.05, 0) is 31.4 Å². The maximum atomic E-state index is 12.2. The van der Waals surface area contributed by atoms with E-state index in [1.807, 2.05) is 35.2 Å². The van der Waals surface area contributed by atoms with Crippen LogP contribution in [0.25, 0.3) is 0 Å². The lowest BCUT2D eigenvalue weighted by Crippen LogP contribution is -2.35. The molecule has 1 aromatic rings. The molecule has 0 aromatic heterocycles. The minimum atomic E-state index is 0.222. The van der Waals surface area contributed by atoms with E-state index >= 15 is 0 Å². The minimum Gasteiger partial charge on any atom is -0.339 e. The van der Waals surface area contributed by atoms with Gasteiger partial charge in [0, 0.05) is 12.6 Å². The fourth-order valence-electron chi connectivity index (χ4n) is 2.53. The Bertz CT molecular complexity index is 377. The van der Waals surface area contributed by atoms with Gasteiger partial charge in [0.15, 0.2) is 0 Å². The van der Waals surface area contributed by atoms with Crippen molar-refractivity contribution >= 4 is 5.91 Å². The van der Waals surface area contributed by atoms with Crippen LogP contribution in [-0.4, -0.2) is 29.9 Å². The monoisotopic (exact) mass is 232 g/mol. The van der Waals surface area contributed by atoms with Gasteiger partial charge < -0.3 is 10.6 Å². The minimum absolute atomic E-state index is 0.222. The second-order valence-electron chi connectivity index (χ2n) is 4.89. The Labute approximate surface area is 103 Å². The van der Waals surface area contributed by atoms with Gasteiger partial charge in [-0.2, -0.15) is 0 Å². The van der Waals surface area contributed by atoms with Crippen LogP contribution in [0.2, 0.25) is 0 Å². The first-order valence-electron chi connectivity index (χ1n) is 6.24. The van der Waals surface area contributed by atoms with Crippen molar-refractivity contribution < 1.29 is 4.79 Å². The SMILES string of the molecule is CC1CC(CN)CN1C(=O)Cc1ccccc1. The van der Waals surface area contributed by atoms with Crippen molar-refractivity contribution in [3.05, 3.63) is 35.9 Å². The molecule has 92 valence electrons. The van der Waals surface area contributed by atoms with E-state index < -0.39 is 0 Å². The van der Waals surface area contributed by atoms with Crippen LogP contribution in [0.15, 0.2) is 30.3 Å². The maximum absolute atomic E-state index is 12.2. The molecule has 1 aliphatic heterocycles. The summed E-state index contributed by atoms with van der Waals surface area (Å²) in [4.78, 5) is 14.1. The third-order valence-corrected chi connectivity index (χ3v) is 3.51. The molecular weight excluding hydrogens is 212 g/mol. The molecule has 2 atom stereocenters. The van der Waals surface area contributed by atoms with Crippen molar-refractivity contribution in [1.29, 1.82) is 0 Å². The van der Waals surface area contributed by atoms with E-state index in [1.165, 1.54) is 0 Å². The predicted octanol–water partition coefficient (Wildman–Crippen LogP) is 1.42. The lowest BCUT2D eigenvalue weighted by Gasteiger charge is -2.21. The molecule has 2 rings (SSSR count). The van der Waals surface area contributed by atoms with Crippen LogP contribution in [0.3, 0.4) is 0 Å². The average molecular weight is 232 g/mol. The van der Waals surface area contributed by atoms with Gasteiger partial charge in [0.25, 0.3) is 0 Å². The number of nitrogens with two attached hydrogens (primary N) is 1. The number of likely N-dealkylation sites (tertiary alicyclic amines) is 1. The van der Waals surface area contributed by atoms with E-state index in [0.29, 0.717) is 24.9 Å². The molecule has 0 aliphatic carbocycles. The Kier molecular flexibility index (Phi) is 3.79. The Morgan fingerprint density at radius 2 is 2.12 bits per heavy atom. The number of amides is 1. The quantitative estimate of drug-likeness (QED) is 0.857. The van der Waals surface area contributed by atoms with Gasteiger partial charge in [-0.1, -0.05) is 30.3 Å². The second-order valence-corrected chi connectivity index (χ2v) is 4.89. The molecule has 1 amide bonds. The molecule has 17 heavy (non-hydrogen) atoms. The van der Waals surface area contributed by atoms with Crippen molar-refractivity contribution in [2.75, 3.05) is 13.1 Å². The van der Waals surface area contributed by atoms with E-state index in [-0.39, 0.29) is 5.91 Å². The molecule has 1 saturated heterocycles. The van der Waals surface area contributed by atoms with Crippen LogP contribution in [0.5, 0.6) is 0 Å². The summed E-state index contributed by atoms with van der Waals surface area (Å²) in [5.41, 5.74) is 6.76. The van der Waals surface area contributed by atoms with E-state index in [0.717, 1.165) is 18.5 Å². The molecule has 1 aromatic carbocycles. The molecule has 0 spiro atoms. The van der Waals surface area contributed by atoms with Gasteiger partial charge in [-0.3, -0.25) is 4.79 Å². The predicted molar refractivity (Wildman–Crippen MR) is 68.5 cm³/mol. The topological polar surface area (TPSA) is 46.3 Å². The summed E-state index contributed by atoms with van der Waals surface area (Å²) in [7, 11) is 0. The summed E-state index contributed by atoms with van der Waals surface area (Å²) in [6.45, 7) is 3.61. The molecule has 3 nitrogen and oxygen atoms in total. The third kappa shape index (κ3) is 2.86. The molecule has 2 unspecified atom stereocenters. The molecular formula is C14H20N2O. The average Bonchev–Trinajstić information content (AvgIpc) is 2.72. The molecule has 3 heteroatoms. The van der Waals surface area contributed by atoms with Crippen LogP contribution in [0, 0.1) is 5.92 Å². The molecule has 0 radical (unpaired) electrons. The molecule has 0 bridgehead atoms. The zero-order valence-electron chi connectivity index (χ0n) is 10.3. The number of benzene rings is 1. The summed E-state index contributed by atoms with van der Waals surface area (Å²) < 4.78 is 0. The van der Waals surface area contributed by atoms with E-state index in [1.54, 1.807) is 0 Å². The van der Waals surface area contributed by atoms with E-state index in [4.69, 9.17) is 5.73 Å². The first kappa shape index (κ1) is 12.1. The van der Waals surface area contributed by atoms with Gasteiger partial charge in [0.1, 0.15) is 0 Å². The second kappa shape index (κ2) is 5.32. The van der Waals surface area contributed by atoms with Crippen molar-refractivity contribution in [2.45, 2.75) is 25.8 Å². The first-order chi connectivity index (χ1) is 8.20. The Morgan fingerprint density at radius 1 is 1.41 bits per heavy atom. The fourth-order valence-corrected chi connectivity index (χ4v) is 2.53. The Hall–Kier alpha value is -1.35. The van der Waals surface area contributed by atoms with Crippen LogP contribution < -0.4 is 5.73 Å². The van der Waals surface area contributed by atoms with Gasteiger partial charge in [-0.15, -0.1) is 0 Å². The Balaban J connectivity index is 1.97. The van der Waals surface area contributed by atoms with Crippen molar-refractivity contribution in [2.24, 2.45) is 11.7 Å². The number of carbonyl (C=O) groups excluding carboxylic acids is 1. The standard InChI is InChI=1S/C14H20N2O/c1-11-7-13(9-15)10-16(11)14(17)8-12-5-3-2-4-6-12/h2-6,11,13H,7-10,15H2,1H3. The summed E-state index contributed by atoms with van der Waals surface area (Å²) in [5.74, 6) is 0.698. The van der Waals surface area contributed by atoms with Crippen molar-refractivity contribution in [1.82, 2.24) is 4.90 Å². The van der Waals surface area contributed by atoms with Crippen LogP contribution >= 0.6 is 0 Å². The highest BCUT2D eigenvalue weighted by molar-refractivity contribution is 5.79. The largest absolute Gasteiger partial charge is 0.339 e. The summed E-state index contributed by atoms with van der Waals surface area (Å²) in [6.07, 6.45) is 1.54. The number of nitrogens with zero attached hydrogens (tertiary/aromatic N) is 1. The van der Waals surface area contributed by atoms with Crippen LogP contribution in [0.1, 0.15) is 18.9 Å². The number of hydrogen-bond donors (Lipinski definition) is 1. The number of hydrogen-bond acceptors (Lipinski definition) is 2. The van der Waals surface area contributed by atoms with Gasteiger partial charge in [-0.25, -0.2) is 0 Å². The van der Waals surface area contributed by atoms with E-state index in [2.05, 4.69) is 6.92 Å². The van der Waals surface area contributed by atoms with E-state index in [9.17, 15) is 4.79 Å². The molecule has 2 N–H and O–H groups in total. The molecule has 1 fully saturated rings. The molecule has 1 aliphatic rings.